The highest BCUT2D eigenvalue weighted by Gasteiger charge is 2.47. The molecule has 10 heteroatoms. The zero-order chi connectivity index (χ0) is 27.3. The van der Waals surface area contributed by atoms with E-state index in [4.69, 9.17) is 0 Å². The summed E-state index contributed by atoms with van der Waals surface area (Å²) in [6.07, 6.45) is 1.97. The minimum absolute atomic E-state index is 0.0690. The van der Waals surface area contributed by atoms with Crippen LogP contribution in [0.4, 0.5) is 17.1 Å². The van der Waals surface area contributed by atoms with E-state index in [1.165, 1.54) is 12.1 Å². The van der Waals surface area contributed by atoms with Crippen molar-refractivity contribution in [3.63, 3.8) is 0 Å². The number of carbonyl (C=O) groups excluding carboxylic acids is 4. The van der Waals surface area contributed by atoms with Gasteiger partial charge in [0.2, 0.25) is 11.8 Å². The van der Waals surface area contributed by atoms with Crippen molar-refractivity contribution in [2.45, 2.75) is 31.8 Å². The van der Waals surface area contributed by atoms with E-state index in [2.05, 4.69) is 0 Å². The van der Waals surface area contributed by atoms with Crippen LogP contribution in [0.3, 0.4) is 0 Å². The molecule has 10 nitrogen and oxygen atoms in total. The molecule has 2 aliphatic heterocycles. The fourth-order valence-electron chi connectivity index (χ4n) is 6.00. The average Bonchev–Trinajstić information content (AvgIpc) is 3.49. The Balaban J connectivity index is 1.37. The topological polar surface area (TPSA) is 121 Å². The van der Waals surface area contributed by atoms with Crippen LogP contribution in [0.25, 0.3) is 0 Å². The molecule has 0 bridgehead atoms. The first-order chi connectivity index (χ1) is 18.9. The van der Waals surface area contributed by atoms with E-state index in [9.17, 15) is 29.3 Å². The van der Waals surface area contributed by atoms with Crippen molar-refractivity contribution in [3.05, 3.63) is 99.6 Å². The molecule has 1 aliphatic carbocycles. The molecule has 1 saturated carbocycles. The van der Waals surface area contributed by atoms with Gasteiger partial charge in [0, 0.05) is 12.1 Å². The number of carbonyl (C=O) groups is 4. The maximum absolute atomic E-state index is 14.0. The second kappa shape index (κ2) is 9.46. The lowest BCUT2D eigenvalue weighted by atomic mass is 10.0. The Hall–Kier alpha value is -4.86. The van der Waals surface area contributed by atoms with Crippen LogP contribution >= 0.6 is 0 Å². The van der Waals surface area contributed by atoms with Gasteiger partial charge in [0.05, 0.1) is 34.3 Å². The van der Waals surface area contributed by atoms with Crippen molar-refractivity contribution < 1.29 is 24.1 Å². The van der Waals surface area contributed by atoms with Crippen LogP contribution in [0.2, 0.25) is 0 Å². The van der Waals surface area contributed by atoms with Gasteiger partial charge in [-0.1, -0.05) is 55.0 Å². The quantitative estimate of drug-likeness (QED) is 0.283. The van der Waals surface area contributed by atoms with Crippen molar-refractivity contribution in [3.8, 4) is 0 Å². The van der Waals surface area contributed by atoms with Gasteiger partial charge >= 0.3 is 0 Å². The normalized spacial score (nSPS) is 20.0. The molecule has 2 heterocycles. The van der Waals surface area contributed by atoms with Gasteiger partial charge in [-0.3, -0.25) is 34.2 Å². The molecule has 3 aliphatic rings. The molecule has 0 spiro atoms. The molecular weight excluding hydrogens is 500 g/mol. The number of benzene rings is 3. The highest BCUT2D eigenvalue weighted by molar-refractivity contribution is 6.24. The smallest absolute Gasteiger partial charge is 0.282 e. The SMILES string of the molecule is O=C1c2cccc([N+](=O)[O-])c2C(=O)N1CC(=O)N1c2ccccc2N(Cc2ccccc2)C(=O)[C@H]2CCC[C@H]21. The van der Waals surface area contributed by atoms with Gasteiger partial charge < -0.3 is 9.80 Å². The molecular formula is C29H24N4O6. The summed E-state index contributed by atoms with van der Waals surface area (Å²) in [5.74, 6) is -2.65. The largest absolute Gasteiger partial charge is 0.306 e. The van der Waals surface area contributed by atoms with Crippen LogP contribution in [-0.2, 0) is 16.1 Å². The molecule has 3 aromatic carbocycles. The first-order valence-corrected chi connectivity index (χ1v) is 12.8. The molecule has 2 atom stereocenters. The lowest BCUT2D eigenvalue weighted by Gasteiger charge is -2.31. The van der Waals surface area contributed by atoms with Gasteiger partial charge in [-0.15, -0.1) is 0 Å². The Morgan fingerprint density at radius 2 is 1.56 bits per heavy atom. The van der Waals surface area contributed by atoms with E-state index < -0.39 is 46.8 Å². The van der Waals surface area contributed by atoms with E-state index >= 15 is 0 Å². The summed E-state index contributed by atoms with van der Waals surface area (Å²) in [4.78, 5) is 68.9. The van der Waals surface area contributed by atoms with E-state index in [1.807, 2.05) is 30.3 Å². The van der Waals surface area contributed by atoms with Gasteiger partial charge in [-0.25, -0.2) is 0 Å². The van der Waals surface area contributed by atoms with Crippen LogP contribution in [0.5, 0.6) is 0 Å². The number of anilines is 2. The van der Waals surface area contributed by atoms with Gasteiger partial charge in [-0.2, -0.15) is 0 Å². The van der Waals surface area contributed by atoms with E-state index in [0.29, 0.717) is 30.8 Å². The predicted molar refractivity (Wildman–Crippen MR) is 141 cm³/mol. The molecule has 196 valence electrons. The molecule has 0 radical (unpaired) electrons. The molecule has 0 saturated heterocycles. The summed E-state index contributed by atoms with van der Waals surface area (Å²) in [7, 11) is 0. The highest BCUT2D eigenvalue weighted by atomic mass is 16.6. The first kappa shape index (κ1) is 24.5. The molecule has 6 rings (SSSR count). The fraction of sp³-hybridized carbons (Fsp3) is 0.241. The van der Waals surface area contributed by atoms with Crippen molar-refractivity contribution in [2.24, 2.45) is 5.92 Å². The number of fused-ring (bicyclic) bond motifs is 3. The molecule has 39 heavy (non-hydrogen) atoms. The van der Waals surface area contributed by atoms with Crippen LogP contribution in [0.1, 0.15) is 45.5 Å². The van der Waals surface area contributed by atoms with Crippen molar-refractivity contribution in [1.29, 1.82) is 0 Å². The summed E-state index contributed by atoms with van der Waals surface area (Å²) in [5, 5.41) is 11.5. The monoisotopic (exact) mass is 524 g/mol. The molecule has 4 amide bonds. The third kappa shape index (κ3) is 3.96. The Bertz CT molecular complexity index is 1540. The molecule has 0 N–H and O–H groups in total. The maximum Gasteiger partial charge on any atom is 0.282 e. The maximum atomic E-state index is 14.0. The molecule has 0 aromatic heterocycles. The van der Waals surface area contributed by atoms with Crippen molar-refractivity contribution >= 4 is 40.7 Å². The minimum atomic E-state index is -0.872. The van der Waals surface area contributed by atoms with E-state index in [0.717, 1.165) is 23.0 Å². The number of nitrogens with zero attached hydrogens (tertiary/aromatic N) is 4. The Kier molecular flexibility index (Phi) is 5.94. The van der Waals surface area contributed by atoms with Crippen LogP contribution < -0.4 is 9.80 Å². The summed E-state index contributed by atoms with van der Waals surface area (Å²) >= 11 is 0. The zero-order valence-electron chi connectivity index (χ0n) is 20.9. The number of hydrogen-bond donors (Lipinski definition) is 0. The second-order valence-corrected chi connectivity index (χ2v) is 9.92. The minimum Gasteiger partial charge on any atom is -0.306 e. The molecule has 0 unspecified atom stereocenters. The standard InChI is InChI=1S/C29H24N4O6/c34-25(17-31-28(36)20-11-7-15-24(33(38)39)26(20)29(31)37)32-21-14-6-10-19(21)27(35)30(16-18-8-2-1-3-9-18)22-12-4-5-13-23(22)32/h1-5,7-9,11-13,15,19,21H,6,10,14,16-17H2/t19-,21+/m0/s1. The third-order valence-electron chi connectivity index (χ3n) is 7.75. The summed E-state index contributed by atoms with van der Waals surface area (Å²) in [5.41, 5.74) is 1.18. The number of nitro groups is 1. The Labute approximate surface area is 223 Å². The van der Waals surface area contributed by atoms with Crippen LogP contribution in [-0.4, -0.2) is 46.0 Å². The number of amides is 4. The highest BCUT2D eigenvalue weighted by Crippen LogP contribution is 2.43. The summed E-state index contributed by atoms with van der Waals surface area (Å²) < 4.78 is 0. The number of para-hydroxylation sites is 2. The summed E-state index contributed by atoms with van der Waals surface area (Å²) in [6.45, 7) is -0.252. The van der Waals surface area contributed by atoms with Gasteiger partial charge in [0.25, 0.3) is 17.5 Å². The van der Waals surface area contributed by atoms with Crippen LogP contribution in [0, 0.1) is 16.0 Å². The summed E-state index contributed by atoms with van der Waals surface area (Å²) in [6, 6.07) is 20.2. The number of hydrogen-bond acceptors (Lipinski definition) is 6. The number of rotatable bonds is 5. The van der Waals surface area contributed by atoms with Crippen molar-refractivity contribution in [2.75, 3.05) is 16.3 Å². The fourth-order valence-corrected chi connectivity index (χ4v) is 6.00. The molecule has 1 fully saturated rings. The Morgan fingerprint density at radius 3 is 2.31 bits per heavy atom. The van der Waals surface area contributed by atoms with E-state index in [1.54, 1.807) is 34.1 Å². The zero-order valence-corrected chi connectivity index (χ0v) is 20.9. The second-order valence-electron chi connectivity index (χ2n) is 9.92. The van der Waals surface area contributed by atoms with E-state index in [-0.39, 0.29) is 17.0 Å². The first-order valence-electron chi connectivity index (χ1n) is 12.8. The Morgan fingerprint density at radius 1 is 0.846 bits per heavy atom. The lowest BCUT2D eigenvalue weighted by Crippen LogP contribution is -2.49. The van der Waals surface area contributed by atoms with Crippen LogP contribution in [0.15, 0.2) is 72.8 Å². The van der Waals surface area contributed by atoms with Crippen molar-refractivity contribution in [1.82, 2.24) is 4.90 Å². The number of imide groups is 1. The predicted octanol–water partition coefficient (Wildman–Crippen LogP) is 3.94. The van der Waals surface area contributed by atoms with Gasteiger partial charge in [0.1, 0.15) is 12.1 Å². The lowest BCUT2D eigenvalue weighted by molar-refractivity contribution is -0.385. The van der Waals surface area contributed by atoms with Gasteiger partial charge in [-0.05, 0) is 36.6 Å². The molecule has 3 aromatic rings. The average molecular weight is 525 g/mol. The van der Waals surface area contributed by atoms with Gasteiger partial charge in [0.15, 0.2) is 0 Å². The number of nitro benzene ring substituents is 1. The third-order valence-corrected chi connectivity index (χ3v) is 7.75.